The molecule has 3 aromatic rings. The molecule has 1 aliphatic rings. The Morgan fingerprint density at radius 2 is 0.975 bits per heavy atom. The van der Waals surface area contributed by atoms with Gasteiger partial charge in [-0.2, -0.15) is 28.3 Å². The van der Waals surface area contributed by atoms with E-state index in [1.165, 1.54) is 110 Å². The molecule has 213 valence electrons. The molecule has 0 aliphatic heterocycles. The average molecular weight is 611 g/mol. The van der Waals surface area contributed by atoms with Crippen LogP contribution < -0.4 is 0 Å². The van der Waals surface area contributed by atoms with E-state index in [2.05, 4.69) is 95.2 Å². The number of aryl methyl sites for hydroxylation is 3. The SMILES string of the molecule is Cc1[c-]c(C)c(C)c(Cc2c(C)c(C)c(Cc3cc(C)c(CC4CCC(C)CC4)c(C)c3C)c(C)c2C)c1C.[Y]. The van der Waals surface area contributed by atoms with Gasteiger partial charge >= 0.3 is 0 Å². The van der Waals surface area contributed by atoms with Gasteiger partial charge in [0, 0.05) is 32.7 Å². The van der Waals surface area contributed by atoms with E-state index in [9.17, 15) is 0 Å². The largest absolute Gasteiger partial charge is 0.177 e. The molecule has 3 aromatic carbocycles. The summed E-state index contributed by atoms with van der Waals surface area (Å²) in [7, 11) is 0. The van der Waals surface area contributed by atoms with Gasteiger partial charge in [-0.05, 0) is 154 Å². The number of hydrogen-bond donors (Lipinski definition) is 0. The normalized spacial score (nSPS) is 17.2. The van der Waals surface area contributed by atoms with Gasteiger partial charge in [-0.25, -0.2) is 0 Å². The molecule has 4 rings (SSSR count). The van der Waals surface area contributed by atoms with Gasteiger partial charge in [0.15, 0.2) is 0 Å². The Bertz CT molecular complexity index is 1340. The minimum absolute atomic E-state index is 0. The van der Waals surface area contributed by atoms with E-state index in [1.807, 2.05) is 0 Å². The van der Waals surface area contributed by atoms with E-state index in [1.54, 1.807) is 11.1 Å². The van der Waals surface area contributed by atoms with Gasteiger partial charge in [0.05, 0.1) is 0 Å². The molecule has 0 unspecified atom stereocenters. The Labute approximate surface area is 272 Å². The molecule has 40 heavy (non-hydrogen) atoms. The van der Waals surface area contributed by atoms with Crippen LogP contribution in [-0.4, -0.2) is 0 Å². The molecule has 1 saturated carbocycles. The first-order valence-electron chi connectivity index (χ1n) is 15.5. The summed E-state index contributed by atoms with van der Waals surface area (Å²) >= 11 is 0. The van der Waals surface area contributed by atoms with Crippen LogP contribution >= 0.6 is 0 Å². The first-order chi connectivity index (χ1) is 18.3. The van der Waals surface area contributed by atoms with Gasteiger partial charge in [0.2, 0.25) is 0 Å². The molecule has 0 bridgehead atoms. The van der Waals surface area contributed by atoms with E-state index in [-0.39, 0.29) is 32.7 Å². The monoisotopic (exact) mass is 610 g/mol. The van der Waals surface area contributed by atoms with Crippen LogP contribution in [0, 0.1) is 94.1 Å². The number of hydrogen-bond acceptors (Lipinski definition) is 0. The molecule has 0 amide bonds. The molecule has 0 spiro atoms. The zero-order valence-corrected chi connectivity index (χ0v) is 30.6. The van der Waals surface area contributed by atoms with Gasteiger partial charge in [0.1, 0.15) is 0 Å². The number of benzene rings is 3. The van der Waals surface area contributed by atoms with E-state index >= 15 is 0 Å². The summed E-state index contributed by atoms with van der Waals surface area (Å²) in [5, 5.41) is 0. The van der Waals surface area contributed by atoms with Crippen molar-refractivity contribution in [2.24, 2.45) is 11.8 Å². The van der Waals surface area contributed by atoms with E-state index in [0.29, 0.717) is 0 Å². The van der Waals surface area contributed by atoms with Gasteiger partial charge in [-0.1, -0.05) is 53.5 Å². The van der Waals surface area contributed by atoms with Crippen LogP contribution in [0.25, 0.3) is 0 Å². The topological polar surface area (TPSA) is 0 Å². The second kappa shape index (κ2) is 13.4. The standard InChI is InChI=1S/C39H53.Y/c1-22-13-15-34(16-14-22)19-36-25(4)18-35(28(7)29(36)8)20-37-30(9)32(11)39(33(12)31(37)10)21-38-26(5)23(2)17-24(3)27(38)6;/h18,22,34H,13-16,19-21H2,1-12H3;/q-1;. The van der Waals surface area contributed by atoms with Gasteiger partial charge in [-0.15, -0.1) is 5.56 Å². The van der Waals surface area contributed by atoms with Crippen molar-refractivity contribution in [3.8, 4) is 0 Å². The van der Waals surface area contributed by atoms with E-state index in [0.717, 1.165) is 24.7 Å². The summed E-state index contributed by atoms with van der Waals surface area (Å²) in [6.07, 6.45) is 8.95. The van der Waals surface area contributed by atoms with Crippen LogP contribution in [0.3, 0.4) is 0 Å². The molecule has 1 heteroatoms. The predicted octanol–water partition coefficient (Wildman–Crippen LogP) is 10.4. The molecule has 0 saturated heterocycles. The van der Waals surface area contributed by atoms with Crippen molar-refractivity contribution in [3.05, 3.63) is 101 Å². The van der Waals surface area contributed by atoms with Gasteiger partial charge in [-0.3, -0.25) is 0 Å². The van der Waals surface area contributed by atoms with E-state index < -0.39 is 0 Å². The fourth-order valence-corrected chi connectivity index (χ4v) is 7.37. The van der Waals surface area contributed by atoms with Gasteiger partial charge in [0.25, 0.3) is 0 Å². The zero-order valence-electron chi connectivity index (χ0n) is 27.8. The first-order valence-corrected chi connectivity index (χ1v) is 15.5. The van der Waals surface area contributed by atoms with Crippen LogP contribution in [0.1, 0.15) is 122 Å². The van der Waals surface area contributed by atoms with Crippen LogP contribution in [0.4, 0.5) is 0 Å². The van der Waals surface area contributed by atoms with Crippen molar-refractivity contribution in [2.75, 3.05) is 0 Å². The summed E-state index contributed by atoms with van der Waals surface area (Å²) < 4.78 is 0. The van der Waals surface area contributed by atoms with Gasteiger partial charge < -0.3 is 0 Å². The van der Waals surface area contributed by atoms with E-state index in [4.69, 9.17) is 0 Å². The molecule has 0 atom stereocenters. The third-order valence-electron chi connectivity index (χ3n) is 11.1. The minimum atomic E-state index is 0. The Balaban J connectivity index is 0.00000441. The van der Waals surface area contributed by atoms with Crippen LogP contribution in [0.15, 0.2) is 6.07 Å². The van der Waals surface area contributed by atoms with Crippen molar-refractivity contribution in [2.45, 2.75) is 128 Å². The summed E-state index contributed by atoms with van der Waals surface area (Å²) in [5.41, 5.74) is 23.5. The maximum absolute atomic E-state index is 3.56. The smallest absolute Gasteiger partial charge is 0 e. The Kier molecular flexibility index (Phi) is 11.1. The Hall–Kier alpha value is -1.24. The van der Waals surface area contributed by atoms with Crippen LogP contribution in [0.5, 0.6) is 0 Å². The maximum atomic E-state index is 3.56. The van der Waals surface area contributed by atoms with Crippen LogP contribution in [0.2, 0.25) is 0 Å². The summed E-state index contributed by atoms with van der Waals surface area (Å²) in [6.45, 7) is 28.0. The van der Waals surface area contributed by atoms with Crippen LogP contribution in [-0.2, 0) is 52.0 Å². The molecule has 1 fully saturated rings. The average Bonchev–Trinajstić information content (AvgIpc) is 2.90. The maximum Gasteiger partial charge on any atom is 0 e. The van der Waals surface area contributed by atoms with Crippen molar-refractivity contribution in [1.82, 2.24) is 0 Å². The number of rotatable bonds is 6. The quantitative estimate of drug-likeness (QED) is 0.244. The van der Waals surface area contributed by atoms with Crippen molar-refractivity contribution < 1.29 is 32.7 Å². The fraction of sp³-hybridized carbons (Fsp3) is 0.538. The zero-order chi connectivity index (χ0) is 28.8. The molecule has 0 aromatic heterocycles. The summed E-state index contributed by atoms with van der Waals surface area (Å²) in [6, 6.07) is 6.09. The predicted molar refractivity (Wildman–Crippen MR) is 171 cm³/mol. The summed E-state index contributed by atoms with van der Waals surface area (Å²) in [4.78, 5) is 0. The van der Waals surface area contributed by atoms with Crippen molar-refractivity contribution in [1.29, 1.82) is 0 Å². The molecule has 1 radical (unpaired) electrons. The molecule has 1 aliphatic carbocycles. The minimum Gasteiger partial charge on any atom is -0.177 e. The third kappa shape index (κ3) is 6.54. The molecule has 0 heterocycles. The summed E-state index contributed by atoms with van der Waals surface area (Å²) in [5.74, 6) is 1.79. The Morgan fingerprint density at radius 1 is 0.550 bits per heavy atom. The second-order valence-corrected chi connectivity index (χ2v) is 13.3. The van der Waals surface area contributed by atoms with Crippen molar-refractivity contribution in [3.63, 3.8) is 0 Å². The molecular formula is C39H53Y-. The van der Waals surface area contributed by atoms with Crippen molar-refractivity contribution >= 4 is 0 Å². The third-order valence-corrected chi connectivity index (χ3v) is 11.1. The molecule has 0 nitrogen and oxygen atoms in total. The first kappa shape index (κ1) is 33.3. The molecule has 0 N–H and O–H groups in total. The molecular weight excluding hydrogens is 557 g/mol. The fourth-order valence-electron chi connectivity index (χ4n) is 7.37. The second-order valence-electron chi connectivity index (χ2n) is 13.3. The Morgan fingerprint density at radius 3 is 1.48 bits per heavy atom.